The van der Waals surface area contributed by atoms with Crippen LogP contribution in [-0.4, -0.2) is 35.6 Å². The van der Waals surface area contributed by atoms with Crippen LogP contribution in [0.4, 0.5) is 5.82 Å². The molecule has 0 amide bonds. The molecular weight excluding hydrogens is 278 g/mol. The summed E-state index contributed by atoms with van der Waals surface area (Å²) < 4.78 is 3.80. The maximum absolute atomic E-state index is 4.50. The van der Waals surface area contributed by atoms with Gasteiger partial charge in [-0.05, 0) is 33.8 Å². The number of anilines is 1. The molecule has 1 N–H and O–H groups in total. The zero-order valence-corrected chi connectivity index (χ0v) is 13.6. The van der Waals surface area contributed by atoms with Gasteiger partial charge in [-0.15, -0.1) is 0 Å². The van der Waals surface area contributed by atoms with E-state index in [1.807, 2.05) is 25.6 Å². The van der Waals surface area contributed by atoms with Crippen molar-refractivity contribution in [3.63, 3.8) is 0 Å². The number of aryl methyl sites for hydroxylation is 4. The van der Waals surface area contributed by atoms with Gasteiger partial charge in [-0.25, -0.2) is 9.97 Å². The average molecular weight is 299 g/mol. The number of rotatable bonds is 4. The third-order valence-electron chi connectivity index (χ3n) is 3.73. The Bertz CT molecular complexity index is 815. The predicted molar refractivity (Wildman–Crippen MR) is 85.8 cm³/mol. The molecule has 3 aromatic rings. The van der Waals surface area contributed by atoms with E-state index >= 15 is 0 Å². The lowest BCUT2D eigenvalue weighted by Crippen LogP contribution is -2.24. The first kappa shape index (κ1) is 14.5. The Hall–Kier alpha value is -2.44. The zero-order chi connectivity index (χ0) is 15.9. The van der Waals surface area contributed by atoms with E-state index < -0.39 is 0 Å². The molecular formula is C15H21N7. The van der Waals surface area contributed by atoms with Gasteiger partial charge in [0, 0.05) is 18.8 Å². The molecule has 0 bridgehead atoms. The summed E-state index contributed by atoms with van der Waals surface area (Å²) in [7, 11) is 1.89. The molecule has 0 saturated carbocycles. The van der Waals surface area contributed by atoms with Gasteiger partial charge in [0.05, 0.1) is 23.3 Å². The Morgan fingerprint density at radius 3 is 2.64 bits per heavy atom. The van der Waals surface area contributed by atoms with Gasteiger partial charge in [-0.3, -0.25) is 9.36 Å². The van der Waals surface area contributed by atoms with Crippen molar-refractivity contribution in [1.29, 1.82) is 0 Å². The van der Waals surface area contributed by atoms with Crippen LogP contribution in [0.1, 0.15) is 24.0 Å². The lowest BCUT2D eigenvalue weighted by atomic mass is 10.2. The minimum absolute atomic E-state index is 0.190. The van der Waals surface area contributed by atoms with Crippen LogP contribution in [-0.2, 0) is 13.6 Å². The van der Waals surface area contributed by atoms with Gasteiger partial charge in [0.2, 0.25) is 0 Å². The standard InChI is InChI=1S/C15H21N7/c1-9-6-11(3)22(19-9)7-10(2)18-14-13-12(4)20-21(5)15(13)17-8-16-14/h6,8,10H,7H2,1-5H3,(H,16,17,18). The van der Waals surface area contributed by atoms with E-state index in [0.29, 0.717) is 0 Å². The highest BCUT2D eigenvalue weighted by Gasteiger charge is 2.14. The molecule has 0 aliphatic rings. The summed E-state index contributed by atoms with van der Waals surface area (Å²) in [5, 5.41) is 13.4. The molecule has 3 rings (SSSR count). The number of hydrogen-bond acceptors (Lipinski definition) is 5. The number of fused-ring (bicyclic) bond motifs is 1. The Morgan fingerprint density at radius 2 is 1.95 bits per heavy atom. The highest BCUT2D eigenvalue weighted by molar-refractivity contribution is 5.89. The van der Waals surface area contributed by atoms with Crippen molar-refractivity contribution in [2.24, 2.45) is 7.05 Å². The van der Waals surface area contributed by atoms with E-state index in [4.69, 9.17) is 0 Å². The van der Waals surface area contributed by atoms with E-state index in [1.54, 1.807) is 11.0 Å². The van der Waals surface area contributed by atoms with Crippen molar-refractivity contribution >= 4 is 16.9 Å². The van der Waals surface area contributed by atoms with E-state index in [1.165, 1.54) is 0 Å². The predicted octanol–water partition coefficient (Wildman–Crippen LogP) is 1.99. The maximum atomic E-state index is 4.50. The second-order valence-corrected chi connectivity index (χ2v) is 5.78. The van der Waals surface area contributed by atoms with Crippen LogP contribution in [0.25, 0.3) is 11.0 Å². The van der Waals surface area contributed by atoms with E-state index in [9.17, 15) is 0 Å². The van der Waals surface area contributed by atoms with Gasteiger partial charge in [0.15, 0.2) is 5.65 Å². The lowest BCUT2D eigenvalue weighted by Gasteiger charge is -2.16. The molecule has 116 valence electrons. The summed E-state index contributed by atoms with van der Waals surface area (Å²) in [6, 6.07) is 2.27. The van der Waals surface area contributed by atoms with Crippen LogP contribution in [0, 0.1) is 20.8 Å². The number of nitrogens with zero attached hydrogens (tertiary/aromatic N) is 6. The average Bonchev–Trinajstić information content (AvgIpc) is 2.90. The Kier molecular flexibility index (Phi) is 3.56. The molecule has 7 nitrogen and oxygen atoms in total. The topological polar surface area (TPSA) is 73.5 Å². The highest BCUT2D eigenvalue weighted by Crippen LogP contribution is 2.22. The summed E-state index contributed by atoms with van der Waals surface area (Å²) in [6.07, 6.45) is 1.57. The third kappa shape index (κ3) is 2.54. The SMILES string of the molecule is Cc1cc(C)n(CC(C)Nc2ncnc3c2c(C)nn3C)n1. The molecule has 22 heavy (non-hydrogen) atoms. The normalized spacial score (nSPS) is 12.8. The van der Waals surface area contributed by atoms with Crippen molar-refractivity contribution < 1.29 is 0 Å². The number of nitrogens with one attached hydrogen (secondary N) is 1. The Labute approximate surface area is 129 Å². The summed E-state index contributed by atoms with van der Waals surface area (Å²) in [5.74, 6) is 0.824. The van der Waals surface area contributed by atoms with Gasteiger partial charge in [0.25, 0.3) is 0 Å². The first-order valence-corrected chi connectivity index (χ1v) is 7.37. The number of hydrogen-bond donors (Lipinski definition) is 1. The molecule has 3 heterocycles. The minimum Gasteiger partial charge on any atom is -0.365 e. The molecule has 0 saturated heterocycles. The first-order chi connectivity index (χ1) is 10.5. The van der Waals surface area contributed by atoms with Crippen molar-refractivity contribution in [2.75, 3.05) is 5.32 Å². The Morgan fingerprint density at radius 1 is 1.18 bits per heavy atom. The van der Waals surface area contributed by atoms with Crippen LogP contribution >= 0.6 is 0 Å². The fraction of sp³-hybridized carbons (Fsp3) is 0.467. The summed E-state index contributed by atoms with van der Waals surface area (Å²) in [4.78, 5) is 8.69. The van der Waals surface area contributed by atoms with Crippen LogP contribution in [0.15, 0.2) is 12.4 Å². The largest absolute Gasteiger partial charge is 0.365 e. The molecule has 3 aromatic heterocycles. The van der Waals surface area contributed by atoms with Crippen molar-refractivity contribution in [1.82, 2.24) is 29.5 Å². The van der Waals surface area contributed by atoms with Gasteiger partial charge in [-0.1, -0.05) is 0 Å². The lowest BCUT2D eigenvalue weighted by molar-refractivity contribution is 0.545. The minimum atomic E-state index is 0.190. The molecule has 7 heteroatoms. The van der Waals surface area contributed by atoms with Crippen molar-refractivity contribution in [2.45, 2.75) is 40.3 Å². The molecule has 0 spiro atoms. The summed E-state index contributed by atoms with van der Waals surface area (Å²) in [6.45, 7) is 8.96. The molecule has 0 radical (unpaired) electrons. The monoisotopic (exact) mass is 299 g/mol. The fourth-order valence-corrected chi connectivity index (χ4v) is 2.78. The van der Waals surface area contributed by atoms with Gasteiger partial charge in [-0.2, -0.15) is 10.2 Å². The molecule has 0 aliphatic heterocycles. The zero-order valence-electron chi connectivity index (χ0n) is 13.6. The van der Waals surface area contributed by atoms with Crippen molar-refractivity contribution in [3.8, 4) is 0 Å². The summed E-state index contributed by atoms with van der Waals surface area (Å²) >= 11 is 0. The van der Waals surface area contributed by atoms with E-state index in [0.717, 1.165) is 40.5 Å². The van der Waals surface area contributed by atoms with Crippen LogP contribution < -0.4 is 5.32 Å². The third-order valence-corrected chi connectivity index (χ3v) is 3.73. The molecule has 1 unspecified atom stereocenters. The first-order valence-electron chi connectivity index (χ1n) is 7.37. The van der Waals surface area contributed by atoms with Crippen LogP contribution in [0.5, 0.6) is 0 Å². The van der Waals surface area contributed by atoms with Gasteiger partial charge >= 0.3 is 0 Å². The van der Waals surface area contributed by atoms with Gasteiger partial charge < -0.3 is 5.32 Å². The molecule has 0 fully saturated rings. The molecule has 0 aromatic carbocycles. The number of aromatic nitrogens is 6. The van der Waals surface area contributed by atoms with Gasteiger partial charge in [0.1, 0.15) is 12.1 Å². The molecule has 1 atom stereocenters. The molecule has 0 aliphatic carbocycles. The van der Waals surface area contributed by atoms with E-state index in [2.05, 4.69) is 45.4 Å². The smallest absolute Gasteiger partial charge is 0.163 e. The second-order valence-electron chi connectivity index (χ2n) is 5.78. The van der Waals surface area contributed by atoms with Crippen molar-refractivity contribution in [3.05, 3.63) is 29.5 Å². The second kappa shape index (κ2) is 5.40. The highest BCUT2D eigenvalue weighted by atomic mass is 15.3. The quantitative estimate of drug-likeness (QED) is 0.797. The van der Waals surface area contributed by atoms with Crippen LogP contribution in [0.3, 0.4) is 0 Å². The van der Waals surface area contributed by atoms with E-state index in [-0.39, 0.29) is 6.04 Å². The fourth-order valence-electron chi connectivity index (χ4n) is 2.78. The van der Waals surface area contributed by atoms with Crippen LogP contribution in [0.2, 0.25) is 0 Å². The summed E-state index contributed by atoms with van der Waals surface area (Å²) in [5.41, 5.74) is 3.97. The maximum Gasteiger partial charge on any atom is 0.163 e. The Balaban J connectivity index is 1.85.